The lowest BCUT2D eigenvalue weighted by Crippen LogP contribution is -2.16. The molecule has 2 N–H and O–H groups in total. The van der Waals surface area contributed by atoms with Crippen LogP contribution in [0.2, 0.25) is 0 Å². The number of anilines is 2. The van der Waals surface area contributed by atoms with Crippen molar-refractivity contribution >= 4 is 45.9 Å². The fourth-order valence-corrected chi connectivity index (χ4v) is 4.21. The SMILES string of the molecule is Cc1ccc(NC(=O)CSc2ccccc2C(=O)Nc2ccc3c(C)cc(=O)oc3c2)cc1. The Morgan fingerprint density at radius 3 is 2.39 bits per heavy atom. The zero-order valence-electron chi connectivity index (χ0n) is 18.2. The molecule has 0 spiro atoms. The number of fused-ring (bicyclic) bond motifs is 1. The van der Waals surface area contributed by atoms with Crippen molar-refractivity contribution in [1.29, 1.82) is 0 Å². The van der Waals surface area contributed by atoms with Crippen molar-refractivity contribution in [2.24, 2.45) is 0 Å². The molecule has 1 heterocycles. The highest BCUT2D eigenvalue weighted by Gasteiger charge is 2.14. The smallest absolute Gasteiger partial charge is 0.336 e. The van der Waals surface area contributed by atoms with Gasteiger partial charge in [0.25, 0.3) is 5.91 Å². The number of amides is 2. The summed E-state index contributed by atoms with van der Waals surface area (Å²) in [5, 5.41) is 6.51. The van der Waals surface area contributed by atoms with Crippen molar-refractivity contribution in [3.8, 4) is 0 Å². The van der Waals surface area contributed by atoms with E-state index in [9.17, 15) is 14.4 Å². The molecule has 1 aromatic heterocycles. The van der Waals surface area contributed by atoms with E-state index < -0.39 is 5.63 Å². The van der Waals surface area contributed by atoms with Gasteiger partial charge in [-0.05, 0) is 55.8 Å². The first-order valence-corrected chi connectivity index (χ1v) is 11.3. The van der Waals surface area contributed by atoms with Crippen molar-refractivity contribution < 1.29 is 14.0 Å². The predicted octanol–water partition coefficient (Wildman–Crippen LogP) is 5.39. The number of nitrogens with one attached hydrogen (secondary N) is 2. The maximum absolute atomic E-state index is 13.0. The first-order valence-electron chi connectivity index (χ1n) is 10.3. The summed E-state index contributed by atoms with van der Waals surface area (Å²) < 4.78 is 5.26. The number of carbonyl (C=O) groups excluding carboxylic acids is 2. The lowest BCUT2D eigenvalue weighted by Gasteiger charge is -2.11. The summed E-state index contributed by atoms with van der Waals surface area (Å²) in [6.45, 7) is 3.82. The Balaban J connectivity index is 1.46. The maximum Gasteiger partial charge on any atom is 0.336 e. The summed E-state index contributed by atoms with van der Waals surface area (Å²) in [5.41, 5.74) is 3.60. The Hall–Kier alpha value is -3.84. The molecule has 0 aliphatic carbocycles. The molecule has 0 atom stereocenters. The van der Waals surface area contributed by atoms with Crippen molar-refractivity contribution in [1.82, 2.24) is 0 Å². The second-order valence-corrected chi connectivity index (χ2v) is 8.63. The first-order chi connectivity index (χ1) is 15.9. The lowest BCUT2D eigenvalue weighted by molar-refractivity contribution is -0.113. The highest BCUT2D eigenvalue weighted by atomic mass is 32.2. The minimum absolute atomic E-state index is 0.154. The molecule has 2 amide bonds. The first kappa shape index (κ1) is 22.4. The second kappa shape index (κ2) is 9.75. The molecule has 0 unspecified atom stereocenters. The van der Waals surface area contributed by atoms with Crippen molar-refractivity contribution in [2.75, 3.05) is 16.4 Å². The van der Waals surface area contributed by atoms with Crippen molar-refractivity contribution in [3.05, 3.63) is 99.9 Å². The van der Waals surface area contributed by atoms with Gasteiger partial charge in [0.1, 0.15) is 5.58 Å². The molecule has 0 fully saturated rings. The van der Waals surface area contributed by atoms with E-state index in [1.807, 2.05) is 50.2 Å². The quantitative estimate of drug-likeness (QED) is 0.299. The average molecular weight is 459 g/mol. The van der Waals surface area contributed by atoms with Crippen LogP contribution in [0.3, 0.4) is 0 Å². The van der Waals surface area contributed by atoms with Crippen LogP contribution in [0.5, 0.6) is 0 Å². The summed E-state index contributed by atoms with van der Waals surface area (Å²) in [4.78, 5) is 37.7. The van der Waals surface area contributed by atoms with Crippen LogP contribution in [0.1, 0.15) is 21.5 Å². The summed E-state index contributed by atoms with van der Waals surface area (Å²) in [6.07, 6.45) is 0. The van der Waals surface area contributed by atoms with E-state index in [2.05, 4.69) is 10.6 Å². The van der Waals surface area contributed by atoms with Crippen LogP contribution < -0.4 is 16.3 Å². The van der Waals surface area contributed by atoms with Gasteiger partial charge in [-0.2, -0.15) is 0 Å². The van der Waals surface area contributed by atoms with E-state index >= 15 is 0 Å². The molecule has 4 rings (SSSR count). The monoisotopic (exact) mass is 458 g/mol. The fourth-order valence-electron chi connectivity index (χ4n) is 3.36. The lowest BCUT2D eigenvalue weighted by atomic mass is 10.1. The molecule has 6 nitrogen and oxygen atoms in total. The summed E-state index contributed by atoms with van der Waals surface area (Å²) in [6, 6.07) is 21.3. The largest absolute Gasteiger partial charge is 0.423 e. The second-order valence-electron chi connectivity index (χ2n) is 7.61. The molecule has 7 heteroatoms. The van der Waals surface area contributed by atoms with Gasteiger partial charge in [0.05, 0.1) is 11.3 Å². The molecule has 3 aromatic carbocycles. The van der Waals surface area contributed by atoms with Gasteiger partial charge < -0.3 is 15.1 Å². The number of hydrogen-bond acceptors (Lipinski definition) is 5. The molecular weight excluding hydrogens is 436 g/mol. The normalized spacial score (nSPS) is 10.7. The number of hydrogen-bond donors (Lipinski definition) is 2. The third-order valence-corrected chi connectivity index (χ3v) is 6.11. The number of benzene rings is 3. The Labute approximate surface area is 195 Å². The van der Waals surface area contributed by atoms with E-state index in [0.29, 0.717) is 21.7 Å². The van der Waals surface area contributed by atoms with Crippen molar-refractivity contribution in [2.45, 2.75) is 18.7 Å². The molecule has 166 valence electrons. The van der Waals surface area contributed by atoms with E-state index in [4.69, 9.17) is 4.42 Å². The van der Waals surface area contributed by atoms with Crippen LogP contribution in [0, 0.1) is 13.8 Å². The topological polar surface area (TPSA) is 88.4 Å². The van der Waals surface area contributed by atoms with Crippen LogP contribution in [0.15, 0.2) is 86.9 Å². The van der Waals surface area contributed by atoms with Gasteiger partial charge in [-0.25, -0.2) is 4.79 Å². The number of aryl methyl sites for hydroxylation is 2. The molecule has 0 saturated carbocycles. The zero-order chi connectivity index (χ0) is 23.4. The van der Waals surface area contributed by atoms with Gasteiger partial charge in [0.15, 0.2) is 0 Å². The Morgan fingerprint density at radius 1 is 0.879 bits per heavy atom. The Kier molecular flexibility index (Phi) is 6.60. The van der Waals surface area contributed by atoms with E-state index in [1.54, 1.807) is 30.3 Å². The minimum Gasteiger partial charge on any atom is -0.423 e. The molecular formula is C26H22N2O4S. The van der Waals surface area contributed by atoms with Gasteiger partial charge in [0, 0.05) is 33.8 Å². The van der Waals surface area contributed by atoms with Crippen LogP contribution in [-0.2, 0) is 4.79 Å². The van der Waals surface area contributed by atoms with Gasteiger partial charge in [-0.15, -0.1) is 11.8 Å². The van der Waals surface area contributed by atoms with Gasteiger partial charge >= 0.3 is 5.63 Å². The molecule has 4 aromatic rings. The van der Waals surface area contributed by atoms with Crippen LogP contribution in [0.25, 0.3) is 11.0 Å². The summed E-state index contributed by atoms with van der Waals surface area (Å²) >= 11 is 1.29. The van der Waals surface area contributed by atoms with E-state index in [1.165, 1.54) is 17.8 Å². The van der Waals surface area contributed by atoms with Crippen LogP contribution >= 0.6 is 11.8 Å². The predicted molar refractivity (Wildman–Crippen MR) is 132 cm³/mol. The third kappa shape index (κ3) is 5.51. The molecule has 33 heavy (non-hydrogen) atoms. The molecule has 0 aliphatic rings. The van der Waals surface area contributed by atoms with Gasteiger partial charge in [0.2, 0.25) is 5.91 Å². The maximum atomic E-state index is 13.0. The van der Waals surface area contributed by atoms with Gasteiger partial charge in [-0.3, -0.25) is 9.59 Å². The minimum atomic E-state index is -0.436. The number of carbonyl (C=O) groups is 2. The molecule has 0 aliphatic heterocycles. The Bertz CT molecular complexity index is 1390. The Morgan fingerprint density at radius 2 is 1.61 bits per heavy atom. The zero-order valence-corrected chi connectivity index (χ0v) is 19.0. The van der Waals surface area contributed by atoms with Gasteiger partial charge in [-0.1, -0.05) is 29.8 Å². The summed E-state index contributed by atoms with van der Waals surface area (Å²) in [5.74, 6) is -0.302. The van der Waals surface area contributed by atoms with Crippen LogP contribution in [0.4, 0.5) is 11.4 Å². The highest BCUT2D eigenvalue weighted by Crippen LogP contribution is 2.25. The average Bonchev–Trinajstić information content (AvgIpc) is 2.79. The standard InChI is InChI=1S/C26H22N2O4S/c1-16-7-9-18(10-8-16)27-24(29)15-33-23-6-4-3-5-21(23)26(31)28-19-11-12-20-17(2)13-25(30)32-22(20)14-19/h3-14H,15H2,1-2H3,(H,27,29)(H,28,31). The number of thioether (sulfide) groups is 1. The summed E-state index contributed by atoms with van der Waals surface area (Å²) in [7, 11) is 0. The third-order valence-electron chi connectivity index (χ3n) is 5.04. The highest BCUT2D eigenvalue weighted by molar-refractivity contribution is 8.00. The molecule has 0 bridgehead atoms. The van der Waals surface area contributed by atoms with E-state index in [0.717, 1.165) is 22.2 Å². The molecule has 0 radical (unpaired) electrons. The fraction of sp³-hybridized carbons (Fsp3) is 0.115. The van der Waals surface area contributed by atoms with Crippen molar-refractivity contribution in [3.63, 3.8) is 0 Å². The molecule has 0 saturated heterocycles. The number of rotatable bonds is 6. The van der Waals surface area contributed by atoms with Crippen LogP contribution in [-0.4, -0.2) is 17.6 Å². The van der Waals surface area contributed by atoms with E-state index in [-0.39, 0.29) is 17.6 Å².